The summed E-state index contributed by atoms with van der Waals surface area (Å²) < 4.78 is 0. The van der Waals surface area contributed by atoms with Crippen molar-refractivity contribution >= 4 is 11.6 Å². The Bertz CT molecular complexity index is 927. The van der Waals surface area contributed by atoms with E-state index in [1.165, 1.54) is 5.56 Å². The third kappa shape index (κ3) is 3.18. The van der Waals surface area contributed by atoms with Crippen LogP contribution < -0.4 is 5.32 Å². The number of carbonyl (C=O) groups excluding carboxylic acids is 1. The Morgan fingerprint density at radius 3 is 2.00 bits per heavy atom. The van der Waals surface area contributed by atoms with Crippen LogP contribution in [0.1, 0.15) is 34.1 Å². The van der Waals surface area contributed by atoms with E-state index >= 15 is 0 Å². The van der Waals surface area contributed by atoms with Gasteiger partial charge in [0.05, 0.1) is 5.92 Å². The van der Waals surface area contributed by atoms with Gasteiger partial charge in [0.25, 0.3) is 0 Å². The molecule has 0 aliphatic carbocycles. The molecule has 0 saturated heterocycles. The molecule has 3 aromatic rings. The fraction of sp³-hybridized carbons (Fsp3) is 0.125. The van der Waals surface area contributed by atoms with Gasteiger partial charge in [-0.3, -0.25) is 4.79 Å². The molecule has 0 fully saturated rings. The summed E-state index contributed by atoms with van der Waals surface area (Å²) in [5.41, 5.74) is 5.34. The van der Waals surface area contributed by atoms with Crippen LogP contribution in [0.25, 0.3) is 5.70 Å². The van der Waals surface area contributed by atoms with E-state index in [-0.39, 0.29) is 17.7 Å². The number of rotatable bonds is 3. The quantitative estimate of drug-likeness (QED) is 0.712. The van der Waals surface area contributed by atoms with Crippen LogP contribution in [0.5, 0.6) is 0 Å². The maximum atomic E-state index is 13.1. The second-order valence-electron chi connectivity index (χ2n) is 6.76. The van der Waals surface area contributed by atoms with E-state index in [4.69, 9.17) is 0 Å². The van der Waals surface area contributed by atoms with Crippen LogP contribution in [0.3, 0.4) is 0 Å². The Hall–Kier alpha value is -3.13. The number of allylic oxidation sites excluding steroid dienone is 1. The summed E-state index contributed by atoms with van der Waals surface area (Å²) in [4.78, 5) is 13.1. The van der Waals surface area contributed by atoms with Gasteiger partial charge in [0.2, 0.25) is 5.91 Å². The van der Waals surface area contributed by atoms with Gasteiger partial charge in [-0.1, -0.05) is 96.6 Å². The lowest BCUT2D eigenvalue weighted by molar-refractivity contribution is -0.122. The van der Waals surface area contributed by atoms with E-state index in [0.717, 1.165) is 22.4 Å². The van der Waals surface area contributed by atoms with Gasteiger partial charge in [0.15, 0.2) is 0 Å². The molecule has 1 N–H and O–H groups in total. The van der Waals surface area contributed by atoms with Gasteiger partial charge in [-0.15, -0.1) is 0 Å². The molecule has 2 unspecified atom stereocenters. The zero-order valence-corrected chi connectivity index (χ0v) is 14.7. The molecule has 26 heavy (non-hydrogen) atoms. The Labute approximate surface area is 154 Å². The van der Waals surface area contributed by atoms with Crippen LogP contribution in [-0.4, -0.2) is 5.91 Å². The van der Waals surface area contributed by atoms with E-state index in [2.05, 4.69) is 42.6 Å². The maximum absolute atomic E-state index is 13.1. The summed E-state index contributed by atoms with van der Waals surface area (Å²) in [6, 6.07) is 28.5. The molecule has 3 aromatic carbocycles. The van der Waals surface area contributed by atoms with Crippen LogP contribution in [0.4, 0.5) is 0 Å². The van der Waals surface area contributed by atoms with Crippen LogP contribution >= 0.6 is 0 Å². The van der Waals surface area contributed by atoms with E-state index in [0.29, 0.717) is 0 Å². The summed E-state index contributed by atoms with van der Waals surface area (Å²) in [5.74, 6) is -0.184. The topological polar surface area (TPSA) is 29.1 Å². The van der Waals surface area contributed by atoms with Crippen molar-refractivity contribution in [2.24, 2.45) is 0 Å². The SMILES string of the molecule is Cc1ccc(C2C=C(c3ccccc3)NC(=O)C2c2ccccc2)cc1. The minimum absolute atomic E-state index is 0.00181. The molecule has 128 valence electrons. The molecule has 1 aliphatic heterocycles. The van der Waals surface area contributed by atoms with Gasteiger partial charge in [0.1, 0.15) is 0 Å². The van der Waals surface area contributed by atoms with Crippen molar-refractivity contribution in [3.63, 3.8) is 0 Å². The molecule has 2 heteroatoms. The van der Waals surface area contributed by atoms with E-state index < -0.39 is 0 Å². The molecule has 1 heterocycles. The van der Waals surface area contributed by atoms with E-state index in [1.807, 2.05) is 60.7 Å². The average molecular weight is 339 g/mol. The Kier molecular flexibility index (Phi) is 4.40. The average Bonchev–Trinajstić information content (AvgIpc) is 2.69. The summed E-state index contributed by atoms with van der Waals surface area (Å²) in [6.45, 7) is 2.08. The van der Waals surface area contributed by atoms with Crippen molar-refractivity contribution in [1.82, 2.24) is 5.32 Å². The van der Waals surface area contributed by atoms with Crippen LogP contribution in [0.15, 0.2) is 91.0 Å². The van der Waals surface area contributed by atoms with Gasteiger partial charge in [-0.2, -0.15) is 0 Å². The van der Waals surface area contributed by atoms with Crippen molar-refractivity contribution in [3.05, 3.63) is 113 Å². The number of aryl methyl sites for hydroxylation is 1. The van der Waals surface area contributed by atoms with Crippen molar-refractivity contribution in [3.8, 4) is 0 Å². The van der Waals surface area contributed by atoms with Gasteiger partial charge < -0.3 is 5.32 Å². The molecule has 0 aromatic heterocycles. The normalized spacial score (nSPS) is 19.6. The number of hydrogen-bond acceptors (Lipinski definition) is 1. The van der Waals surface area contributed by atoms with Gasteiger partial charge in [-0.25, -0.2) is 0 Å². The smallest absolute Gasteiger partial charge is 0.232 e. The summed E-state index contributed by atoms with van der Waals surface area (Å²) in [6.07, 6.45) is 2.19. The molecule has 0 bridgehead atoms. The van der Waals surface area contributed by atoms with Gasteiger partial charge in [0, 0.05) is 11.6 Å². The largest absolute Gasteiger partial charge is 0.325 e. The second-order valence-corrected chi connectivity index (χ2v) is 6.76. The highest BCUT2D eigenvalue weighted by molar-refractivity contribution is 5.95. The molecule has 1 amide bonds. The molecule has 0 saturated carbocycles. The van der Waals surface area contributed by atoms with E-state index in [1.54, 1.807) is 0 Å². The monoisotopic (exact) mass is 339 g/mol. The lowest BCUT2D eigenvalue weighted by Crippen LogP contribution is -2.35. The first-order valence-corrected chi connectivity index (χ1v) is 8.92. The Balaban J connectivity index is 1.83. The standard InChI is InChI=1S/C24H21NO/c1-17-12-14-18(15-13-17)21-16-22(19-8-4-2-5-9-19)25-24(26)23(21)20-10-6-3-7-11-20/h2-16,21,23H,1H3,(H,25,26). The Morgan fingerprint density at radius 1 is 0.731 bits per heavy atom. The van der Waals surface area contributed by atoms with Crippen LogP contribution in [-0.2, 0) is 4.79 Å². The molecule has 4 rings (SSSR count). The molecular formula is C24H21NO. The fourth-order valence-electron chi connectivity index (χ4n) is 3.57. The number of amides is 1. The predicted octanol–water partition coefficient (Wildman–Crippen LogP) is 5.03. The highest BCUT2D eigenvalue weighted by Gasteiger charge is 2.34. The Morgan fingerprint density at radius 2 is 1.35 bits per heavy atom. The first-order chi connectivity index (χ1) is 12.7. The molecule has 2 atom stereocenters. The highest BCUT2D eigenvalue weighted by Crippen LogP contribution is 2.39. The van der Waals surface area contributed by atoms with Crippen molar-refractivity contribution in [2.45, 2.75) is 18.8 Å². The fourth-order valence-corrected chi connectivity index (χ4v) is 3.57. The number of hydrogen-bond donors (Lipinski definition) is 1. The third-order valence-corrected chi connectivity index (χ3v) is 4.95. The zero-order valence-electron chi connectivity index (χ0n) is 14.7. The minimum Gasteiger partial charge on any atom is -0.325 e. The molecule has 1 aliphatic rings. The maximum Gasteiger partial charge on any atom is 0.232 e. The molecular weight excluding hydrogens is 318 g/mol. The number of carbonyl (C=O) groups is 1. The summed E-state index contributed by atoms with van der Waals surface area (Å²) >= 11 is 0. The highest BCUT2D eigenvalue weighted by atomic mass is 16.2. The number of nitrogens with one attached hydrogen (secondary N) is 1. The first kappa shape index (κ1) is 16.3. The summed E-state index contributed by atoms with van der Waals surface area (Å²) in [5, 5.41) is 3.11. The van der Waals surface area contributed by atoms with Crippen LogP contribution in [0.2, 0.25) is 0 Å². The van der Waals surface area contributed by atoms with Crippen LogP contribution in [0, 0.1) is 6.92 Å². The number of benzene rings is 3. The van der Waals surface area contributed by atoms with Crippen molar-refractivity contribution in [2.75, 3.05) is 0 Å². The molecule has 2 nitrogen and oxygen atoms in total. The second kappa shape index (κ2) is 7.01. The first-order valence-electron chi connectivity index (χ1n) is 8.92. The lowest BCUT2D eigenvalue weighted by Gasteiger charge is -2.31. The molecule has 0 spiro atoms. The van der Waals surface area contributed by atoms with E-state index in [9.17, 15) is 4.79 Å². The third-order valence-electron chi connectivity index (χ3n) is 4.95. The summed E-state index contributed by atoms with van der Waals surface area (Å²) in [7, 11) is 0. The van der Waals surface area contributed by atoms with Gasteiger partial charge in [-0.05, 0) is 23.6 Å². The lowest BCUT2D eigenvalue weighted by atomic mass is 9.77. The van der Waals surface area contributed by atoms with Crippen molar-refractivity contribution < 1.29 is 4.79 Å². The zero-order chi connectivity index (χ0) is 17.9. The van der Waals surface area contributed by atoms with Gasteiger partial charge >= 0.3 is 0 Å². The minimum atomic E-state index is -0.230. The van der Waals surface area contributed by atoms with Crippen molar-refractivity contribution in [1.29, 1.82) is 0 Å². The predicted molar refractivity (Wildman–Crippen MR) is 106 cm³/mol. The molecule has 0 radical (unpaired) electrons.